The number of carbonyl (C=O) groups is 2. The van der Waals surface area contributed by atoms with Crippen molar-refractivity contribution in [1.82, 2.24) is 19.7 Å². The number of unbranched alkanes of at least 4 members (excludes halogenated alkanes) is 5. The van der Waals surface area contributed by atoms with Gasteiger partial charge in [0.2, 0.25) is 17.7 Å². The van der Waals surface area contributed by atoms with Gasteiger partial charge >= 0.3 is 0 Å². The molecule has 1 aliphatic heterocycles. The lowest BCUT2D eigenvalue weighted by Gasteiger charge is -2.26. The number of hydrogen-bond donors (Lipinski definition) is 3. The number of fused-ring (bicyclic) bond motifs is 3. The fourth-order valence-electron chi connectivity index (χ4n) is 7.90. The van der Waals surface area contributed by atoms with Crippen LogP contribution in [0.3, 0.4) is 0 Å². The van der Waals surface area contributed by atoms with Crippen molar-refractivity contribution in [1.29, 1.82) is 0 Å². The van der Waals surface area contributed by atoms with Crippen molar-refractivity contribution in [2.24, 2.45) is 0 Å². The number of para-hydroxylation sites is 1. The second-order valence-electron chi connectivity index (χ2n) is 16.0. The molecule has 7 aromatic rings. The van der Waals surface area contributed by atoms with Crippen LogP contribution in [0.5, 0.6) is 17.4 Å². The lowest BCUT2D eigenvalue weighted by atomic mass is 10.0. The predicted molar refractivity (Wildman–Crippen MR) is 246 cm³/mol. The SMILES string of the molecule is O=C(CCC(=O)N1Cc2ccccc2C#Cc2ccccc21)NCCCCCCCCOc1ccc(Cc2nc3c(Cc4ccccc4)nc(-c4ccc(O)cc4)cn3c2O)cc1F. The van der Waals surface area contributed by atoms with Crippen molar-refractivity contribution >= 4 is 23.1 Å². The maximum Gasteiger partial charge on any atom is 0.227 e. The third-order valence-corrected chi connectivity index (χ3v) is 11.4. The topological polar surface area (TPSA) is 129 Å². The van der Waals surface area contributed by atoms with Gasteiger partial charge in [0.15, 0.2) is 17.2 Å². The zero-order chi connectivity index (χ0) is 44.3. The van der Waals surface area contributed by atoms with E-state index >= 15 is 4.39 Å². The third kappa shape index (κ3) is 10.8. The molecule has 0 bridgehead atoms. The van der Waals surface area contributed by atoms with Crippen molar-refractivity contribution in [3.63, 3.8) is 0 Å². The van der Waals surface area contributed by atoms with Crippen LogP contribution >= 0.6 is 0 Å². The van der Waals surface area contributed by atoms with Crippen LogP contribution in [0.4, 0.5) is 10.1 Å². The van der Waals surface area contributed by atoms with E-state index in [0.29, 0.717) is 54.4 Å². The average Bonchev–Trinajstić information content (AvgIpc) is 3.62. The molecule has 0 saturated carbocycles. The maximum absolute atomic E-state index is 15.2. The Hall–Kier alpha value is -7.45. The summed E-state index contributed by atoms with van der Waals surface area (Å²) in [6.45, 7) is 1.35. The summed E-state index contributed by atoms with van der Waals surface area (Å²) in [6.07, 6.45) is 8.19. The molecule has 5 aromatic carbocycles. The van der Waals surface area contributed by atoms with E-state index in [0.717, 1.165) is 72.0 Å². The number of amides is 2. The molecular formula is C53H50FN5O5. The zero-order valence-corrected chi connectivity index (χ0v) is 35.6. The molecule has 3 heterocycles. The minimum absolute atomic E-state index is 0.0463. The number of imidazole rings is 1. The second-order valence-corrected chi connectivity index (χ2v) is 16.0. The number of hydrogen-bond acceptors (Lipinski definition) is 7. The van der Waals surface area contributed by atoms with Crippen LogP contribution < -0.4 is 15.0 Å². The van der Waals surface area contributed by atoms with E-state index in [4.69, 9.17) is 14.7 Å². The standard InChI is InChI=1S/C53H50FN5O5/c54-44-32-38(34-46-53(63)59-36-47(40-23-25-43(60)26-24-40)56-45(52(59)57-46)33-37-14-6-5-7-15-37)20-27-49(44)64-31-13-4-2-1-3-12-30-55-50(61)28-29-51(62)58-35-42-18-9-8-16-39(42)21-22-41-17-10-11-19-48(41)58/h5-11,14-20,23-27,32,36,60,63H,1-4,12-13,28-31,33-35H2,(H,55,61). The molecule has 0 saturated heterocycles. The van der Waals surface area contributed by atoms with Gasteiger partial charge in [-0.3, -0.25) is 14.0 Å². The van der Waals surface area contributed by atoms with Crippen LogP contribution in [-0.2, 0) is 29.0 Å². The number of phenols is 1. The quantitative estimate of drug-likeness (QED) is 0.0579. The number of nitrogens with zero attached hydrogens (tertiary/aromatic N) is 4. The van der Waals surface area contributed by atoms with Crippen molar-refractivity contribution in [2.75, 3.05) is 18.1 Å². The van der Waals surface area contributed by atoms with Crippen molar-refractivity contribution in [3.8, 4) is 40.5 Å². The molecule has 8 rings (SSSR count). The van der Waals surface area contributed by atoms with Gasteiger partial charge in [-0.25, -0.2) is 14.4 Å². The lowest BCUT2D eigenvalue weighted by Crippen LogP contribution is -2.33. The van der Waals surface area contributed by atoms with Crippen LogP contribution in [0.1, 0.15) is 90.6 Å². The Bertz CT molecular complexity index is 2810. The van der Waals surface area contributed by atoms with Crippen LogP contribution in [0, 0.1) is 17.7 Å². The van der Waals surface area contributed by atoms with Gasteiger partial charge in [0.1, 0.15) is 11.4 Å². The Morgan fingerprint density at radius 1 is 0.719 bits per heavy atom. The number of rotatable bonds is 18. The van der Waals surface area contributed by atoms with Gasteiger partial charge in [0.25, 0.3) is 0 Å². The minimum atomic E-state index is -0.475. The first-order valence-corrected chi connectivity index (χ1v) is 21.9. The molecule has 2 amide bonds. The van der Waals surface area contributed by atoms with E-state index < -0.39 is 5.82 Å². The number of phenolic OH excluding ortho intramolecular Hbond substituents is 1. The molecule has 2 aromatic heterocycles. The number of halogens is 1. The fourth-order valence-corrected chi connectivity index (χ4v) is 7.90. The van der Waals surface area contributed by atoms with E-state index in [1.165, 1.54) is 6.07 Å². The Kier molecular flexibility index (Phi) is 13.9. The molecule has 1 aliphatic rings. The minimum Gasteiger partial charge on any atom is -0.508 e. The van der Waals surface area contributed by atoms with Crippen molar-refractivity contribution < 1.29 is 28.9 Å². The average molecular weight is 856 g/mol. The lowest BCUT2D eigenvalue weighted by molar-refractivity contribution is -0.125. The smallest absolute Gasteiger partial charge is 0.227 e. The molecule has 0 unspecified atom stereocenters. The van der Waals surface area contributed by atoms with Gasteiger partial charge in [0, 0.05) is 55.1 Å². The maximum atomic E-state index is 15.2. The number of aromatic hydroxyl groups is 2. The summed E-state index contributed by atoms with van der Waals surface area (Å²) in [5, 5.41) is 24.1. The summed E-state index contributed by atoms with van der Waals surface area (Å²) in [7, 11) is 0. The van der Waals surface area contributed by atoms with E-state index in [-0.39, 0.29) is 48.5 Å². The summed E-state index contributed by atoms with van der Waals surface area (Å²) >= 11 is 0. The molecule has 10 nitrogen and oxygen atoms in total. The van der Waals surface area contributed by atoms with Crippen LogP contribution in [0.2, 0.25) is 0 Å². The molecule has 0 fully saturated rings. The van der Waals surface area contributed by atoms with E-state index in [2.05, 4.69) is 17.2 Å². The Labute approximate surface area is 372 Å². The number of carbonyl (C=O) groups excluding carboxylic acids is 2. The highest BCUT2D eigenvalue weighted by Gasteiger charge is 2.22. The molecule has 0 aliphatic carbocycles. The number of benzene rings is 5. The van der Waals surface area contributed by atoms with Gasteiger partial charge in [-0.05, 0) is 84.1 Å². The summed E-state index contributed by atoms with van der Waals surface area (Å²) < 4.78 is 22.7. The van der Waals surface area contributed by atoms with Gasteiger partial charge in [0.05, 0.1) is 30.2 Å². The summed E-state index contributed by atoms with van der Waals surface area (Å²) in [4.78, 5) is 37.5. The fraction of sp³-hybridized carbons (Fsp3) is 0.245. The van der Waals surface area contributed by atoms with Gasteiger partial charge in [-0.2, -0.15) is 0 Å². The normalized spacial score (nSPS) is 11.8. The highest BCUT2D eigenvalue weighted by molar-refractivity contribution is 5.97. The van der Waals surface area contributed by atoms with E-state index in [1.54, 1.807) is 51.9 Å². The van der Waals surface area contributed by atoms with Crippen molar-refractivity contribution in [2.45, 2.75) is 70.8 Å². The number of aromatic nitrogens is 3. The van der Waals surface area contributed by atoms with E-state index in [1.807, 2.05) is 78.9 Å². The number of anilines is 1. The van der Waals surface area contributed by atoms with Crippen LogP contribution in [0.25, 0.3) is 16.9 Å². The molecule has 3 N–H and O–H groups in total. The summed E-state index contributed by atoms with van der Waals surface area (Å²) in [5.74, 6) is 5.99. The van der Waals surface area contributed by atoms with Crippen LogP contribution in [-0.4, -0.2) is 49.5 Å². The Balaban J connectivity index is 0.749. The largest absolute Gasteiger partial charge is 0.508 e. The van der Waals surface area contributed by atoms with Crippen molar-refractivity contribution in [3.05, 3.63) is 173 Å². The molecule has 0 spiro atoms. The first-order chi connectivity index (χ1) is 31.3. The van der Waals surface area contributed by atoms with Crippen LogP contribution in [0.15, 0.2) is 128 Å². The molecule has 64 heavy (non-hydrogen) atoms. The molecule has 324 valence electrons. The first kappa shape index (κ1) is 43.2. The molecule has 0 radical (unpaired) electrons. The summed E-state index contributed by atoms with van der Waals surface area (Å²) in [6, 6.07) is 36.9. The van der Waals surface area contributed by atoms with E-state index in [9.17, 15) is 19.8 Å². The molecule has 0 atom stereocenters. The first-order valence-electron chi connectivity index (χ1n) is 21.9. The predicted octanol–water partition coefficient (Wildman–Crippen LogP) is 9.69. The number of ether oxygens (including phenoxy) is 1. The second kappa shape index (κ2) is 20.6. The number of nitrogens with one attached hydrogen (secondary N) is 1. The third-order valence-electron chi connectivity index (χ3n) is 11.4. The van der Waals surface area contributed by atoms with Gasteiger partial charge in [-0.15, -0.1) is 0 Å². The highest BCUT2D eigenvalue weighted by Crippen LogP contribution is 2.31. The van der Waals surface area contributed by atoms with Gasteiger partial charge < -0.3 is 25.2 Å². The highest BCUT2D eigenvalue weighted by atomic mass is 19.1. The zero-order valence-electron chi connectivity index (χ0n) is 35.6. The molecular weight excluding hydrogens is 806 g/mol. The summed E-state index contributed by atoms with van der Waals surface area (Å²) in [5.41, 5.74) is 8.08. The monoisotopic (exact) mass is 855 g/mol. The Morgan fingerprint density at radius 2 is 1.42 bits per heavy atom. The Morgan fingerprint density at radius 3 is 2.23 bits per heavy atom. The molecule has 11 heteroatoms. The van der Waals surface area contributed by atoms with Gasteiger partial charge in [-0.1, -0.05) is 104 Å².